The Hall–Kier alpha value is -0.870. The van der Waals surface area contributed by atoms with Gasteiger partial charge in [0.05, 0.1) is 5.56 Å². The van der Waals surface area contributed by atoms with E-state index in [9.17, 15) is 4.79 Å². The van der Waals surface area contributed by atoms with Crippen molar-refractivity contribution in [1.29, 1.82) is 0 Å². The van der Waals surface area contributed by atoms with Gasteiger partial charge in [-0.05, 0) is 57.4 Å². The molecule has 2 aliphatic rings. The topological polar surface area (TPSA) is 32.3 Å². The summed E-state index contributed by atoms with van der Waals surface area (Å²) >= 11 is 1.79. The molecular formula is C22H36N2OS. The Kier molecular flexibility index (Phi) is 7.56. The summed E-state index contributed by atoms with van der Waals surface area (Å²) in [5.74, 6) is 0.150. The second kappa shape index (κ2) is 9.89. The number of carbonyl (C=O) groups excluding carboxylic acids is 1. The van der Waals surface area contributed by atoms with E-state index in [1.54, 1.807) is 11.3 Å². The molecule has 146 valence electrons. The molecule has 1 aromatic heterocycles. The molecule has 0 unspecified atom stereocenters. The standard InChI is InChI=1S/C22H36N2OS/c1-3-17(2)24(18-10-6-4-7-11-18)15-14-23-22(25)20-16-26-21-13-9-5-8-12-19(20)21/h16-18H,3-15H2,1-2H3,(H,23,25)/t17-/m1/s1. The minimum Gasteiger partial charge on any atom is -0.351 e. The van der Waals surface area contributed by atoms with Crippen LogP contribution in [0.2, 0.25) is 0 Å². The summed E-state index contributed by atoms with van der Waals surface area (Å²) in [4.78, 5) is 16.9. The maximum atomic E-state index is 12.8. The van der Waals surface area contributed by atoms with Gasteiger partial charge in [0.25, 0.3) is 5.91 Å². The normalized spacial score (nSPS) is 19.8. The Morgan fingerprint density at radius 1 is 1.19 bits per heavy atom. The summed E-state index contributed by atoms with van der Waals surface area (Å²) in [6.45, 7) is 6.37. The summed E-state index contributed by atoms with van der Waals surface area (Å²) in [6, 6.07) is 1.32. The molecule has 1 fully saturated rings. The van der Waals surface area contributed by atoms with Gasteiger partial charge in [0.2, 0.25) is 0 Å². The number of nitrogens with one attached hydrogen (secondary N) is 1. The van der Waals surface area contributed by atoms with Gasteiger partial charge >= 0.3 is 0 Å². The SMILES string of the molecule is CC[C@@H](C)N(CCNC(=O)c1csc2c1CCCCC2)C1CCCCC1. The van der Waals surface area contributed by atoms with Crippen LogP contribution in [0.25, 0.3) is 0 Å². The molecule has 0 radical (unpaired) electrons. The molecular weight excluding hydrogens is 340 g/mol. The predicted molar refractivity (Wildman–Crippen MR) is 111 cm³/mol. The zero-order valence-corrected chi connectivity index (χ0v) is 17.5. The third kappa shape index (κ3) is 4.89. The van der Waals surface area contributed by atoms with Crippen molar-refractivity contribution in [2.24, 2.45) is 0 Å². The van der Waals surface area contributed by atoms with Crippen molar-refractivity contribution in [2.75, 3.05) is 13.1 Å². The number of carbonyl (C=O) groups is 1. The molecule has 26 heavy (non-hydrogen) atoms. The van der Waals surface area contributed by atoms with Gasteiger partial charge in [-0.3, -0.25) is 9.69 Å². The van der Waals surface area contributed by atoms with Gasteiger partial charge in [-0.1, -0.05) is 32.6 Å². The quantitative estimate of drug-likeness (QED) is 0.665. The van der Waals surface area contributed by atoms with Crippen LogP contribution in [0.5, 0.6) is 0 Å². The highest BCUT2D eigenvalue weighted by Gasteiger charge is 2.25. The van der Waals surface area contributed by atoms with E-state index in [0.29, 0.717) is 12.1 Å². The van der Waals surface area contributed by atoms with Gasteiger partial charge in [0.1, 0.15) is 0 Å². The van der Waals surface area contributed by atoms with E-state index in [1.807, 2.05) is 0 Å². The molecule has 1 heterocycles. The molecule has 1 aromatic rings. The Morgan fingerprint density at radius 3 is 2.69 bits per heavy atom. The van der Waals surface area contributed by atoms with E-state index >= 15 is 0 Å². The summed E-state index contributed by atoms with van der Waals surface area (Å²) in [7, 11) is 0. The van der Waals surface area contributed by atoms with Crippen LogP contribution in [-0.2, 0) is 12.8 Å². The van der Waals surface area contributed by atoms with E-state index in [4.69, 9.17) is 0 Å². The summed E-state index contributed by atoms with van der Waals surface area (Å²) in [5.41, 5.74) is 2.30. The lowest BCUT2D eigenvalue weighted by Gasteiger charge is -2.38. The molecule has 0 aromatic carbocycles. The number of fused-ring (bicyclic) bond motifs is 1. The molecule has 1 saturated carbocycles. The monoisotopic (exact) mass is 376 g/mol. The molecule has 0 aliphatic heterocycles. The van der Waals surface area contributed by atoms with Gasteiger partial charge in [-0.2, -0.15) is 0 Å². The fourth-order valence-corrected chi connectivity index (χ4v) is 5.79. The number of hydrogen-bond acceptors (Lipinski definition) is 3. The largest absolute Gasteiger partial charge is 0.351 e. The number of hydrogen-bond donors (Lipinski definition) is 1. The molecule has 2 aliphatic carbocycles. The summed E-state index contributed by atoms with van der Waals surface area (Å²) in [5, 5.41) is 5.33. The van der Waals surface area contributed by atoms with Gasteiger partial charge in [0, 0.05) is 35.4 Å². The lowest BCUT2D eigenvalue weighted by atomic mass is 9.93. The van der Waals surface area contributed by atoms with Crippen LogP contribution in [0.4, 0.5) is 0 Å². The Bertz CT molecular complexity index is 577. The predicted octanol–water partition coefficient (Wildman–Crippen LogP) is 5.18. The van der Waals surface area contributed by atoms with Crippen LogP contribution in [0, 0.1) is 0 Å². The van der Waals surface area contributed by atoms with E-state index < -0.39 is 0 Å². The van der Waals surface area contributed by atoms with Crippen LogP contribution in [0.15, 0.2) is 5.38 Å². The minimum atomic E-state index is 0.150. The Balaban J connectivity index is 1.55. The van der Waals surface area contributed by atoms with E-state index in [0.717, 1.165) is 31.5 Å². The van der Waals surface area contributed by atoms with Crippen molar-refractivity contribution in [3.05, 3.63) is 21.4 Å². The first-order valence-electron chi connectivity index (χ1n) is 10.8. The molecule has 3 nitrogen and oxygen atoms in total. The maximum absolute atomic E-state index is 12.8. The van der Waals surface area contributed by atoms with Crippen LogP contribution in [0.3, 0.4) is 0 Å². The molecule has 1 N–H and O–H groups in total. The van der Waals surface area contributed by atoms with Crippen molar-refractivity contribution in [3.8, 4) is 0 Å². The second-order valence-electron chi connectivity index (χ2n) is 8.15. The van der Waals surface area contributed by atoms with Crippen molar-refractivity contribution < 1.29 is 4.79 Å². The van der Waals surface area contributed by atoms with Crippen molar-refractivity contribution in [1.82, 2.24) is 10.2 Å². The van der Waals surface area contributed by atoms with E-state index in [2.05, 4.69) is 29.4 Å². The van der Waals surface area contributed by atoms with Crippen LogP contribution in [-0.4, -0.2) is 36.0 Å². The molecule has 1 amide bonds. The maximum Gasteiger partial charge on any atom is 0.252 e. The number of thiophene rings is 1. The average Bonchev–Trinajstić information content (AvgIpc) is 2.93. The van der Waals surface area contributed by atoms with Gasteiger partial charge in [-0.15, -0.1) is 11.3 Å². The highest BCUT2D eigenvalue weighted by Crippen LogP contribution is 2.29. The number of rotatable bonds is 7. The third-order valence-electron chi connectivity index (χ3n) is 6.41. The van der Waals surface area contributed by atoms with E-state index in [1.165, 1.54) is 68.2 Å². The highest BCUT2D eigenvalue weighted by molar-refractivity contribution is 7.10. The summed E-state index contributed by atoms with van der Waals surface area (Å²) in [6.07, 6.45) is 14.0. The van der Waals surface area contributed by atoms with Crippen LogP contribution >= 0.6 is 11.3 Å². The van der Waals surface area contributed by atoms with Gasteiger partial charge in [-0.25, -0.2) is 0 Å². The molecule has 3 rings (SSSR count). The van der Waals surface area contributed by atoms with Gasteiger partial charge < -0.3 is 5.32 Å². The van der Waals surface area contributed by atoms with Crippen molar-refractivity contribution in [3.63, 3.8) is 0 Å². The highest BCUT2D eigenvalue weighted by atomic mass is 32.1. The number of aryl methyl sites for hydroxylation is 1. The Morgan fingerprint density at radius 2 is 1.92 bits per heavy atom. The fraction of sp³-hybridized carbons (Fsp3) is 0.773. The molecule has 0 bridgehead atoms. The van der Waals surface area contributed by atoms with E-state index in [-0.39, 0.29) is 5.91 Å². The molecule has 0 saturated heterocycles. The molecule has 0 spiro atoms. The second-order valence-corrected chi connectivity index (χ2v) is 9.12. The third-order valence-corrected chi connectivity index (χ3v) is 7.50. The lowest BCUT2D eigenvalue weighted by Crippen LogP contribution is -2.46. The Labute approximate surface area is 163 Å². The van der Waals surface area contributed by atoms with Crippen molar-refractivity contribution >= 4 is 17.2 Å². The number of nitrogens with zero attached hydrogens (tertiary/aromatic N) is 1. The first kappa shape index (κ1) is 19.9. The minimum absolute atomic E-state index is 0.150. The van der Waals surface area contributed by atoms with Crippen LogP contribution < -0.4 is 5.32 Å². The molecule has 4 heteroatoms. The number of amides is 1. The smallest absolute Gasteiger partial charge is 0.252 e. The first-order valence-corrected chi connectivity index (χ1v) is 11.7. The average molecular weight is 377 g/mol. The van der Waals surface area contributed by atoms with Gasteiger partial charge in [0.15, 0.2) is 0 Å². The lowest BCUT2D eigenvalue weighted by molar-refractivity contribution is 0.0903. The molecule has 1 atom stereocenters. The zero-order valence-electron chi connectivity index (χ0n) is 16.7. The van der Waals surface area contributed by atoms with Crippen molar-refractivity contribution in [2.45, 2.75) is 96.6 Å². The van der Waals surface area contributed by atoms with Crippen LogP contribution in [0.1, 0.15) is 92.4 Å². The fourth-order valence-electron chi connectivity index (χ4n) is 4.66. The zero-order chi connectivity index (χ0) is 18.4. The first-order chi connectivity index (χ1) is 12.7. The summed E-state index contributed by atoms with van der Waals surface area (Å²) < 4.78 is 0.